The molecule has 7 nitrogen and oxygen atoms in total. The summed E-state index contributed by atoms with van der Waals surface area (Å²) in [6.45, 7) is 5.29. The number of aromatic nitrogens is 2. The minimum atomic E-state index is -0.820. The standard InChI is InChI=1S/C25H25N3O4/c1-25(2,3)22(30)19-20(17-7-5-6-8-18(17)32-4)28(24(31)21(19)29)16-11-9-15(10-12-16)23-26-13-14-27-23/h5-14,20,29H,1-4H3,(H,26,27). The minimum absolute atomic E-state index is 0.0714. The lowest BCUT2D eigenvalue weighted by atomic mass is 9.82. The third kappa shape index (κ3) is 3.56. The Bertz CT molecular complexity index is 1190. The normalized spacial score (nSPS) is 16.6. The van der Waals surface area contributed by atoms with Gasteiger partial charge in [0.25, 0.3) is 5.91 Å². The van der Waals surface area contributed by atoms with Crippen molar-refractivity contribution in [3.63, 3.8) is 0 Å². The number of H-pyrrole nitrogens is 1. The Kier molecular flexibility index (Phi) is 5.34. The summed E-state index contributed by atoms with van der Waals surface area (Å²) in [6.07, 6.45) is 3.40. The molecule has 0 aliphatic carbocycles. The van der Waals surface area contributed by atoms with Gasteiger partial charge in [0.15, 0.2) is 11.5 Å². The van der Waals surface area contributed by atoms with Crippen LogP contribution in [0, 0.1) is 5.41 Å². The summed E-state index contributed by atoms with van der Waals surface area (Å²) in [5.74, 6) is -0.226. The maximum atomic E-state index is 13.3. The van der Waals surface area contributed by atoms with Crippen LogP contribution in [0.1, 0.15) is 32.4 Å². The van der Waals surface area contributed by atoms with E-state index in [9.17, 15) is 14.7 Å². The first kappa shape index (κ1) is 21.4. The number of hydrogen-bond acceptors (Lipinski definition) is 5. The van der Waals surface area contributed by atoms with Gasteiger partial charge in [-0.15, -0.1) is 0 Å². The van der Waals surface area contributed by atoms with Crippen LogP contribution in [-0.2, 0) is 9.59 Å². The smallest absolute Gasteiger partial charge is 0.294 e. The van der Waals surface area contributed by atoms with Gasteiger partial charge < -0.3 is 14.8 Å². The maximum Gasteiger partial charge on any atom is 0.294 e. The van der Waals surface area contributed by atoms with Crippen molar-refractivity contribution in [1.29, 1.82) is 0 Å². The fraction of sp³-hybridized carbons (Fsp3) is 0.240. The molecule has 1 aliphatic heterocycles. The quantitative estimate of drug-likeness (QED) is 0.616. The molecule has 0 saturated heterocycles. The number of ketones is 1. The summed E-state index contributed by atoms with van der Waals surface area (Å²) >= 11 is 0. The Morgan fingerprint density at radius 1 is 1.12 bits per heavy atom. The summed E-state index contributed by atoms with van der Waals surface area (Å²) in [4.78, 5) is 35.3. The van der Waals surface area contributed by atoms with E-state index in [0.717, 1.165) is 5.56 Å². The van der Waals surface area contributed by atoms with Crippen LogP contribution in [0.15, 0.2) is 72.3 Å². The Morgan fingerprint density at radius 2 is 1.81 bits per heavy atom. The van der Waals surface area contributed by atoms with E-state index >= 15 is 0 Å². The molecule has 4 rings (SSSR count). The number of ether oxygens (including phenoxy) is 1. The fourth-order valence-electron chi connectivity index (χ4n) is 3.90. The number of hydrogen-bond donors (Lipinski definition) is 2. The van der Waals surface area contributed by atoms with Crippen molar-refractivity contribution in [3.05, 3.63) is 77.8 Å². The highest BCUT2D eigenvalue weighted by Gasteiger charge is 2.47. The summed E-state index contributed by atoms with van der Waals surface area (Å²) in [7, 11) is 1.53. The molecule has 2 heterocycles. The number of carbonyl (C=O) groups excluding carboxylic acids is 2. The number of aromatic amines is 1. The van der Waals surface area contributed by atoms with Gasteiger partial charge in [0.05, 0.1) is 18.7 Å². The number of carbonyl (C=O) groups is 2. The van der Waals surface area contributed by atoms with Crippen LogP contribution in [0.4, 0.5) is 5.69 Å². The molecule has 0 spiro atoms. The summed E-state index contributed by atoms with van der Waals surface area (Å²) < 4.78 is 5.53. The van der Waals surface area contributed by atoms with Crippen molar-refractivity contribution < 1.29 is 19.4 Å². The summed E-state index contributed by atoms with van der Waals surface area (Å²) in [5, 5.41) is 10.8. The molecular weight excluding hydrogens is 406 g/mol. The highest BCUT2D eigenvalue weighted by atomic mass is 16.5. The van der Waals surface area contributed by atoms with Crippen LogP contribution in [0.25, 0.3) is 11.4 Å². The predicted molar refractivity (Wildman–Crippen MR) is 121 cm³/mol. The van der Waals surface area contributed by atoms with Gasteiger partial charge in [-0.05, 0) is 30.3 Å². The van der Waals surface area contributed by atoms with E-state index in [1.165, 1.54) is 12.0 Å². The Labute approximate surface area is 186 Å². The molecule has 2 N–H and O–H groups in total. The van der Waals surface area contributed by atoms with E-state index in [2.05, 4.69) is 9.97 Å². The molecule has 0 bridgehead atoms. The number of methoxy groups -OCH3 is 1. The molecule has 0 radical (unpaired) electrons. The van der Waals surface area contributed by atoms with E-state index in [1.54, 1.807) is 57.4 Å². The van der Waals surface area contributed by atoms with Crippen LogP contribution in [0.2, 0.25) is 0 Å². The third-order valence-corrected chi connectivity index (χ3v) is 5.48. The summed E-state index contributed by atoms with van der Waals surface area (Å²) in [5.41, 5.74) is 1.30. The molecule has 0 saturated carbocycles. The van der Waals surface area contributed by atoms with E-state index in [4.69, 9.17) is 4.74 Å². The number of nitrogens with one attached hydrogen (secondary N) is 1. The zero-order chi connectivity index (χ0) is 23.0. The predicted octanol–water partition coefficient (Wildman–Crippen LogP) is 4.60. The van der Waals surface area contributed by atoms with Crippen molar-refractivity contribution in [2.24, 2.45) is 5.41 Å². The second-order valence-corrected chi connectivity index (χ2v) is 8.65. The zero-order valence-electron chi connectivity index (χ0n) is 18.4. The SMILES string of the molecule is COc1ccccc1C1C(C(=O)C(C)(C)C)=C(O)C(=O)N1c1ccc(-c2ncc[nH]2)cc1. The lowest BCUT2D eigenvalue weighted by Crippen LogP contribution is -2.33. The van der Waals surface area contributed by atoms with Gasteiger partial charge in [-0.25, -0.2) is 4.98 Å². The van der Waals surface area contributed by atoms with Gasteiger partial charge in [-0.2, -0.15) is 0 Å². The molecular formula is C25H25N3O4. The second-order valence-electron chi connectivity index (χ2n) is 8.65. The van der Waals surface area contributed by atoms with Gasteiger partial charge in [0.2, 0.25) is 0 Å². The van der Waals surface area contributed by atoms with Crippen molar-refractivity contribution in [3.8, 4) is 17.1 Å². The number of Topliss-reactive ketones (excluding diaryl/α,β-unsaturated/α-hetero) is 1. The molecule has 1 aromatic heterocycles. The number of rotatable bonds is 5. The van der Waals surface area contributed by atoms with Crippen LogP contribution in [-0.4, -0.2) is 33.9 Å². The molecule has 1 unspecified atom stereocenters. The minimum Gasteiger partial charge on any atom is -0.503 e. The number of benzene rings is 2. The first-order valence-corrected chi connectivity index (χ1v) is 10.3. The van der Waals surface area contributed by atoms with Crippen molar-refractivity contribution >= 4 is 17.4 Å². The van der Waals surface area contributed by atoms with Gasteiger partial charge in [-0.1, -0.05) is 39.0 Å². The Balaban J connectivity index is 1.86. The number of nitrogens with zero attached hydrogens (tertiary/aromatic N) is 2. The number of imidazole rings is 1. The van der Waals surface area contributed by atoms with Gasteiger partial charge in [0, 0.05) is 34.6 Å². The van der Waals surface area contributed by atoms with E-state index in [-0.39, 0.29) is 11.4 Å². The molecule has 3 aromatic rings. The topological polar surface area (TPSA) is 95.5 Å². The highest BCUT2D eigenvalue weighted by Crippen LogP contribution is 2.45. The van der Waals surface area contributed by atoms with Crippen molar-refractivity contribution in [2.75, 3.05) is 12.0 Å². The Morgan fingerprint density at radius 3 is 2.41 bits per heavy atom. The molecule has 1 amide bonds. The molecule has 0 fully saturated rings. The van der Waals surface area contributed by atoms with Crippen LogP contribution < -0.4 is 9.64 Å². The second kappa shape index (κ2) is 8.00. The van der Waals surface area contributed by atoms with E-state index in [1.807, 2.05) is 24.3 Å². The van der Waals surface area contributed by atoms with Gasteiger partial charge in [0.1, 0.15) is 11.6 Å². The number of anilines is 1. The number of aliphatic hydroxyl groups is 1. The average molecular weight is 431 g/mol. The first-order chi connectivity index (χ1) is 15.2. The highest BCUT2D eigenvalue weighted by molar-refractivity contribution is 6.17. The molecule has 7 heteroatoms. The Hall–Kier alpha value is -3.87. The average Bonchev–Trinajstić information content (AvgIpc) is 3.40. The number of para-hydroxylation sites is 1. The van der Waals surface area contributed by atoms with Gasteiger partial charge in [-0.3, -0.25) is 14.5 Å². The maximum absolute atomic E-state index is 13.3. The van der Waals surface area contributed by atoms with Gasteiger partial charge >= 0.3 is 0 Å². The monoisotopic (exact) mass is 431 g/mol. The van der Waals surface area contributed by atoms with Crippen LogP contribution in [0.3, 0.4) is 0 Å². The summed E-state index contributed by atoms with van der Waals surface area (Å²) in [6, 6.07) is 13.6. The van der Waals surface area contributed by atoms with E-state index < -0.39 is 23.1 Å². The van der Waals surface area contributed by atoms with Crippen LogP contribution in [0.5, 0.6) is 5.75 Å². The largest absolute Gasteiger partial charge is 0.503 e. The molecule has 1 atom stereocenters. The zero-order valence-corrected chi connectivity index (χ0v) is 18.4. The lowest BCUT2D eigenvalue weighted by Gasteiger charge is -2.29. The lowest BCUT2D eigenvalue weighted by molar-refractivity contribution is -0.123. The van der Waals surface area contributed by atoms with E-state index in [0.29, 0.717) is 22.8 Å². The molecule has 32 heavy (non-hydrogen) atoms. The number of amides is 1. The van der Waals surface area contributed by atoms with Crippen molar-refractivity contribution in [1.82, 2.24) is 9.97 Å². The third-order valence-electron chi connectivity index (χ3n) is 5.48. The first-order valence-electron chi connectivity index (χ1n) is 10.3. The molecule has 1 aliphatic rings. The fourth-order valence-corrected chi connectivity index (χ4v) is 3.90. The van der Waals surface area contributed by atoms with Crippen molar-refractivity contribution in [2.45, 2.75) is 26.8 Å². The molecule has 2 aromatic carbocycles. The molecule has 164 valence electrons. The number of aliphatic hydroxyl groups excluding tert-OH is 1. The van der Waals surface area contributed by atoms with Crippen LogP contribution >= 0.6 is 0 Å².